The van der Waals surface area contributed by atoms with Gasteiger partial charge in [-0.3, -0.25) is 4.90 Å². The van der Waals surface area contributed by atoms with Crippen LogP contribution in [0.2, 0.25) is 0 Å². The molecule has 1 aliphatic heterocycles. The number of rotatable bonds is 3. The Morgan fingerprint density at radius 1 is 1.21 bits per heavy atom. The number of likely N-dealkylation sites (tertiary alicyclic amines) is 1. The molecular weight excluding hydrogens is 317 g/mol. The Morgan fingerprint density at radius 3 is 2.38 bits per heavy atom. The van der Waals surface area contributed by atoms with Crippen LogP contribution in [-0.2, 0) is 14.3 Å². The fourth-order valence-corrected chi connectivity index (χ4v) is 2.47. The van der Waals surface area contributed by atoms with Crippen LogP contribution in [0.15, 0.2) is 24.3 Å². The molecule has 1 amide bonds. The number of hydrogen-bond acceptors (Lipinski definition) is 5. The highest BCUT2D eigenvalue weighted by molar-refractivity contribution is 5.82. The first-order chi connectivity index (χ1) is 11.2. The van der Waals surface area contributed by atoms with E-state index in [1.807, 2.05) is 0 Å². The van der Waals surface area contributed by atoms with Crippen molar-refractivity contribution in [1.82, 2.24) is 4.90 Å². The van der Waals surface area contributed by atoms with Crippen molar-refractivity contribution < 1.29 is 28.2 Å². The lowest BCUT2D eigenvalue weighted by Gasteiger charge is -2.27. The van der Waals surface area contributed by atoms with Gasteiger partial charge in [-0.15, -0.1) is 0 Å². The van der Waals surface area contributed by atoms with Gasteiger partial charge in [0.15, 0.2) is 0 Å². The Balaban J connectivity index is 2.09. The zero-order valence-electron chi connectivity index (χ0n) is 14.2. The van der Waals surface area contributed by atoms with Crippen molar-refractivity contribution in [2.24, 2.45) is 0 Å². The van der Waals surface area contributed by atoms with Gasteiger partial charge in [0, 0.05) is 6.42 Å². The Kier molecular flexibility index (Phi) is 5.31. The summed E-state index contributed by atoms with van der Waals surface area (Å²) >= 11 is 0. The normalized spacial score (nSPS) is 20.6. The van der Waals surface area contributed by atoms with Crippen molar-refractivity contribution in [3.8, 4) is 5.75 Å². The molecule has 6 nitrogen and oxygen atoms in total. The van der Waals surface area contributed by atoms with E-state index in [9.17, 15) is 14.0 Å². The lowest BCUT2D eigenvalue weighted by atomic mass is 10.2. The van der Waals surface area contributed by atoms with E-state index in [1.54, 1.807) is 20.8 Å². The van der Waals surface area contributed by atoms with E-state index in [4.69, 9.17) is 14.2 Å². The predicted octanol–water partition coefficient (Wildman–Crippen LogP) is 2.76. The number of benzene rings is 1. The maximum atomic E-state index is 13.0. The van der Waals surface area contributed by atoms with Crippen molar-refractivity contribution in [2.75, 3.05) is 13.7 Å². The third-order valence-corrected chi connectivity index (χ3v) is 3.48. The Bertz CT molecular complexity index is 596. The third-order valence-electron chi connectivity index (χ3n) is 3.48. The lowest BCUT2D eigenvalue weighted by Crippen LogP contribution is -2.44. The minimum atomic E-state index is -0.768. The Hall–Kier alpha value is -2.31. The van der Waals surface area contributed by atoms with E-state index in [2.05, 4.69) is 0 Å². The number of esters is 1. The molecule has 0 N–H and O–H groups in total. The molecule has 0 saturated carbocycles. The van der Waals surface area contributed by atoms with Gasteiger partial charge in [0.25, 0.3) is 0 Å². The molecule has 0 radical (unpaired) electrons. The van der Waals surface area contributed by atoms with Gasteiger partial charge in [-0.25, -0.2) is 14.0 Å². The molecule has 24 heavy (non-hydrogen) atoms. The van der Waals surface area contributed by atoms with Crippen LogP contribution in [0.4, 0.5) is 9.18 Å². The zero-order chi connectivity index (χ0) is 17.9. The van der Waals surface area contributed by atoms with E-state index in [-0.39, 0.29) is 18.8 Å². The second kappa shape index (κ2) is 7.07. The highest BCUT2D eigenvalue weighted by Gasteiger charge is 2.43. The van der Waals surface area contributed by atoms with E-state index in [1.165, 1.54) is 36.3 Å². The molecule has 0 aromatic heterocycles. The standard InChI is InChI=1S/C17H22FNO5/c1-17(2,3)24-16(21)19-10-13(9-14(19)15(20)22-4)23-12-7-5-11(18)6-8-12/h5-8,13-14H,9-10H2,1-4H3/t13-,14+/m0/s1. The molecule has 0 unspecified atom stereocenters. The third kappa shape index (κ3) is 4.59. The summed E-state index contributed by atoms with van der Waals surface area (Å²) in [5, 5.41) is 0. The highest BCUT2D eigenvalue weighted by atomic mass is 19.1. The summed E-state index contributed by atoms with van der Waals surface area (Å²) in [6.07, 6.45) is -0.723. The number of carbonyl (C=O) groups is 2. The molecular formula is C17H22FNO5. The van der Waals surface area contributed by atoms with Crippen LogP contribution in [0.5, 0.6) is 5.75 Å². The predicted molar refractivity (Wildman–Crippen MR) is 84.2 cm³/mol. The van der Waals surface area contributed by atoms with Crippen molar-refractivity contribution in [3.05, 3.63) is 30.1 Å². The van der Waals surface area contributed by atoms with Crippen LogP contribution in [0.3, 0.4) is 0 Å². The number of ether oxygens (including phenoxy) is 3. The maximum Gasteiger partial charge on any atom is 0.411 e. The first kappa shape index (κ1) is 18.0. The van der Waals surface area contributed by atoms with Gasteiger partial charge >= 0.3 is 12.1 Å². The number of nitrogens with zero attached hydrogens (tertiary/aromatic N) is 1. The molecule has 0 bridgehead atoms. The summed E-state index contributed by atoms with van der Waals surface area (Å²) in [5.74, 6) is -0.418. The van der Waals surface area contributed by atoms with Crippen LogP contribution < -0.4 is 4.74 Å². The van der Waals surface area contributed by atoms with Crippen molar-refractivity contribution in [3.63, 3.8) is 0 Å². The Morgan fingerprint density at radius 2 is 1.83 bits per heavy atom. The minimum absolute atomic E-state index is 0.187. The fourth-order valence-electron chi connectivity index (χ4n) is 2.47. The summed E-state index contributed by atoms with van der Waals surface area (Å²) in [7, 11) is 1.27. The molecule has 2 rings (SSSR count). The first-order valence-corrected chi connectivity index (χ1v) is 7.69. The van der Waals surface area contributed by atoms with E-state index in [0.29, 0.717) is 5.75 Å². The number of methoxy groups -OCH3 is 1. The average molecular weight is 339 g/mol. The van der Waals surface area contributed by atoms with Crippen LogP contribution in [-0.4, -0.2) is 48.4 Å². The molecule has 0 aliphatic carbocycles. The second-order valence-corrected chi connectivity index (χ2v) is 6.60. The molecule has 1 saturated heterocycles. The quantitative estimate of drug-likeness (QED) is 0.792. The van der Waals surface area contributed by atoms with Gasteiger partial charge in [-0.2, -0.15) is 0 Å². The largest absolute Gasteiger partial charge is 0.488 e. The SMILES string of the molecule is COC(=O)[C@H]1C[C@H](Oc2ccc(F)cc2)CN1C(=O)OC(C)(C)C. The molecule has 1 aromatic rings. The number of hydrogen-bond donors (Lipinski definition) is 0. The van der Waals surface area contributed by atoms with E-state index >= 15 is 0 Å². The minimum Gasteiger partial charge on any atom is -0.488 e. The van der Waals surface area contributed by atoms with E-state index < -0.39 is 29.8 Å². The van der Waals surface area contributed by atoms with Crippen LogP contribution in [0.1, 0.15) is 27.2 Å². The van der Waals surface area contributed by atoms with Gasteiger partial charge in [-0.05, 0) is 45.0 Å². The van der Waals surface area contributed by atoms with Gasteiger partial charge in [0.2, 0.25) is 0 Å². The molecule has 1 aliphatic rings. The molecule has 1 aromatic carbocycles. The van der Waals surface area contributed by atoms with Crippen LogP contribution in [0, 0.1) is 5.82 Å². The van der Waals surface area contributed by atoms with Gasteiger partial charge < -0.3 is 14.2 Å². The monoisotopic (exact) mass is 339 g/mol. The topological polar surface area (TPSA) is 65.1 Å². The first-order valence-electron chi connectivity index (χ1n) is 7.69. The second-order valence-electron chi connectivity index (χ2n) is 6.60. The smallest absolute Gasteiger partial charge is 0.411 e. The number of amides is 1. The molecule has 132 valence electrons. The van der Waals surface area contributed by atoms with Crippen molar-refractivity contribution in [1.29, 1.82) is 0 Å². The van der Waals surface area contributed by atoms with Crippen molar-refractivity contribution in [2.45, 2.75) is 44.9 Å². The molecule has 1 heterocycles. The van der Waals surface area contributed by atoms with Crippen LogP contribution in [0.25, 0.3) is 0 Å². The fraction of sp³-hybridized carbons (Fsp3) is 0.529. The molecule has 7 heteroatoms. The summed E-state index contributed by atoms with van der Waals surface area (Å²) in [4.78, 5) is 25.6. The van der Waals surface area contributed by atoms with Crippen LogP contribution >= 0.6 is 0 Å². The van der Waals surface area contributed by atoms with Gasteiger partial charge in [0.05, 0.1) is 13.7 Å². The highest BCUT2D eigenvalue weighted by Crippen LogP contribution is 2.26. The molecule has 1 fully saturated rings. The molecule has 2 atom stereocenters. The summed E-state index contributed by atoms with van der Waals surface area (Å²) in [6.45, 7) is 5.44. The summed E-state index contributed by atoms with van der Waals surface area (Å²) in [5.41, 5.74) is -0.673. The summed E-state index contributed by atoms with van der Waals surface area (Å²) < 4.78 is 28.8. The van der Waals surface area contributed by atoms with Crippen molar-refractivity contribution >= 4 is 12.1 Å². The number of halogens is 1. The van der Waals surface area contributed by atoms with Gasteiger partial charge in [0.1, 0.15) is 29.3 Å². The maximum absolute atomic E-state index is 13.0. The number of carbonyl (C=O) groups excluding carboxylic acids is 2. The zero-order valence-corrected chi connectivity index (χ0v) is 14.2. The van der Waals surface area contributed by atoms with E-state index in [0.717, 1.165) is 0 Å². The average Bonchev–Trinajstić information content (AvgIpc) is 2.91. The lowest BCUT2D eigenvalue weighted by molar-refractivity contribution is -0.145. The molecule has 0 spiro atoms. The van der Waals surface area contributed by atoms with Gasteiger partial charge in [-0.1, -0.05) is 0 Å². The summed E-state index contributed by atoms with van der Waals surface area (Å²) in [6, 6.07) is 4.80. The Labute approximate surface area is 140 Å².